The molecule has 14 heavy (non-hydrogen) atoms. The minimum absolute atomic E-state index is 0.299. The SMILES string of the molecule is Nc1ccn(-c2ccc(F)cc2Cl)n1. The van der Waals surface area contributed by atoms with Gasteiger partial charge in [-0.05, 0) is 18.2 Å². The van der Waals surface area contributed by atoms with Gasteiger partial charge in [0.1, 0.15) is 11.6 Å². The summed E-state index contributed by atoms with van der Waals surface area (Å²) in [6.07, 6.45) is 1.66. The van der Waals surface area contributed by atoms with Crippen molar-refractivity contribution in [1.29, 1.82) is 0 Å². The fourth-order valence-corrected chi connectivity index (χ4v) is 1.39. The van der Waals surface area contributed by atoms with E-state index in [1.54, 1.807) is 18.3 Å². The van der Waals surface area contributed by atoms with Gasteiger partial charge in [0.15, 0.2) is 0 Å². The lowest BCUT2D eigenvalue weighted by molar-refractivity contribution is 0.627. The van der Waals surface area contributed by atoms with E-state index in [1.165, 1.54) is 16.8 Å². The first kappa shape index (κ1) is 9.02. The van der Waals surface area contributed by atoms with Gasteiger partial charge in [0.25, 0.3) is 0 Å². The zero-order valence-electron chi connectivity index (χ0n) is 7.11. The summed E-state index contributed by atoms with van der Waals surface area (Å²) in [6, 6.07) is 5.73. The molecular weight excluding hydrogens is 205 g/mol. The molecule has 5 heteroatoms. The second kappa shape index (κ2) is 3.31. The van der Waals surface area contributed by atoms with Gasteiger partial charge >= 0.3 is 0 Å². The lowest BCUT2D eigenvalue weighted by atomic mass is 10.3. The van der Waals surface area contributed by atoms with E-state index in [4.69, 9.17) is 17.3 Å². The van der Waals surface area contributed by atoms with Gasteiger partial charge in [-0.3, -0.25) is 0 Å². The molecule has 0 fully saturated rings. The molecule has 0 spiro atoms. The molecule has 0 radical (unpaired) electrons. The monoisotopic (exact) mass is 211 g/mol. The molecule has 2 rings (SSSR count). The van der Waals surface area contributed by atoms with Crippen molar-refractivity contribution in [3.05, 3.63) is 41.3 Å². The van der Waals surface area contributed by atoms with Crippen molar-refractivity contribution in [2.45, 2.75) is 0 Å². The molecule has 1 aromatic heterocycles. The van der Waals surface area contributed by atoms with Gasteiger partial charge in [-0.15, -0.1) is 0 Å². The van der Waals surface area contributed by atoms with Crippen LogP contribution in [0.15, 0.2) is 30.5 Å². The third-order valence-corrected chi connectivity index (χ3v) is 2.07. The summed E-state index contributed by atoms with van der Waals surface area (Å²) in [5.74, 6) is 0.0178. The summed E-state index contributed by atoms with van der Waals surface area (Å²) >= 11 is 5.83. The summed E-state index contributed by atoms with van der Waals surface area (Å²) in [6.45, 7) is 0. The van der Waals surface area contributed by atoms with Crippen LogP contribution in [0, 0.1) is 5.82 Å². The Labute approximate surface area is 84.9 Å². The van der Waals surface area contributed by atoms with Gasteiger partial charge in [0.2, 0.25) is 0 Å². The zero-order chi connectivity index (χ0) is 10.1. The molecule has 2 aromatic rings. The highest BCUT2D eigenvalue weighted by Crippen LogP contribution is 2.21. The number of anilines is 1. The predicted molar refractivity (Wildman–Crippen MR) is 52.9 cm³/mol. The highest BCUT2D eigenvalue weighted by atomic mass is 35.5. The Morgan fingerprint density at radius 3 is 2.71 bits per heavy atom. The molecule has 0 saturated heterocycles. The molecule has 0 unspecified atom stereocenters. The van der Waals surface area contributed by atoms with E-state index in [0.29, 0.717) is 16.5 Å². The van der Waals surface area contributed by atoms with E-state index < -0.39 is 0 Å². The molecule has 0 aliphatic carbocycles. The molecule has 0 amide bonds. The van der Waals surface area contributed by atoms with Gasteiger partial charge in [-0.1, -0.05) is 11.6 Å². The lowest BCUT2D eigenvalue weighted by Gasteiger charge is -2.03. The van der Waals surface area contributed by atoms with E-state index in [-0.39, 0.29) is 5.82 Å². The molecule has 0 atom stereocenters. The number of rotatable bonds is 1. The number of nitrogen functional groups attached to an aromatic ring is 1. The first-order valence-corrected chi connectivity index (χ1v) is 4.31. The Hall–Kier alpha value is -1.55. The zero-order valence-corrected chi connectivity index (χ0v) is 7.87. The number of nitrogens with zero attached hydrogens (tertiary/aromatic N) is 2. The molecule has 0 aliphatic heterocycles. The van der Waals surface area contributed by atoms with E-state index in [0.717, 1.165) is 0 Å². The number of hydrogen-bond acceptors (Lipinski definition) is 2. The van der Waals surface area contributed by atoms with Crippen LogP contribution in [-0.4, -0.2) is 9.78 Å². The molecular formula is C9H7ClFN3. The molecule has 0 aliphatic rings. The van der Waals surface area contributed by atoms with E-state index in [9.17, 15) is 4.39 Å². The van der Waals surface area contributed by atoms with Crippen LogP contribution in [-0.2, 0) is 0 Å². The Morgan fingerprint density at radius 2 is 2.14 bits per heavy atom. The third kappa shape index (κ3) is 1.56. The van der Waals surface area contributed by atoms with Gasteiger partial charge in [0.05, 0.1) is 10.7 Å². The summed E-state index contributed by atoms with van der Waals surface area (Å²) in [5.41, 5.74) is 6.05. The number of nitrogens with two attached hydrogens (primary N) is 1. The maximum Gasteiger partial charge on any atom is 0.145 e. The normalized spacial score (nSPS) is 10.4. The van der Waals surface area contributed by atoms with Gasteiger partial charge < -0.3 is 5.73 Å². The molecule has 1 aromatic carbocycles. The van der Waals surface area contributed by atoms with Crippen molar-refractivity contribution in [2.24, 2.45) is 0 Å². The minimum atomic E-state index is -0.376. The van der Waals surface area contributed by atoms with E-state index >= 15 is 0 Å². The van der Waals surface area contributed by atoms with Crippen LogP contribution >= 0.6 is 11.6 Å². The first-order valence-electron chi connectivity index (χ1n) is 3.93. The molecule has 1 heterocycles. The minimum Gasteiger partial charge on any atom is -0.382 e. The average molecular weight is 212 g/mol. The van der Waals surface area contributed by atoms with Crippen molar-refractivity contribution in [2.75, 3.05) is 5.73 Å². The lowest BCUT2D eigenvalue weighted by Crippen LogP contribution is -1.97. The Balaban J connectivity index is 2.52. The predicted octanol–water partition coefficient (Wildman–Crippen LogP) is 2.25. The maximum atomic E-state index is 12.7. The average Bonchev–Trinajstić information content (AvgIpc) is 2.51. The standard InChI is InChI=1S/C9H7ClFN3/c10-7-5-6(11)1-2-8(7)14-4-3-9(12)13-14/h1-5H,(H2,12,13). The molecule has 0 bridgehead atoms. The van der Waals surface area contributed by atoms with Crippen molar-refractivity contribution < 1.29 is 4.39 Å². The maximum absolute atomic E-state index is 12.7. The van der Waals surface area contributed by atoms with Crippen LogP contribution in [0.4, 0.5) is 10.2 Å². The van der Waals surface area contributed by atoms with Crippen LogP contribution in [0.2, 0.25) is 5.02 Å². The Bertz CT molecular complexity index is 467. The topological polar surface area (TPSA) is 43.8 Å². The number of benzene rings is 1. The van der Waals surface area contributed by atoms with Crippen LogP contribution in [0.3, 0.4) is 0 Å². The molecule has 0 saturated carbocycles. The van der Waals surface area contributed by atoms with Crippen molar-refractivity contribution in [1.82, 2.24) is 9.78 Å². The summed E-state index contributed by atoms with van der Waals surface area (Å²) < 4.78 is 14.2. The second-order valence-electron chi connectivity index (χ2n) is 2.78. The summed E-state index contributed by atoms with van der Waals surface area (Å²) in [5, 5.41) is 4.26. The number of hydrogen-bond donors (Lipinski definition) is 1. The molecule has 72 valence electrons. The van der Waals surface area contributed by atoms with Crippen LogP contribution in [0.5, 0.6) is 0 Å². The van der Waals surface area contributed by atoms with Crippen LogP contribution in [0.25, 0.3) is 5.69 Å². The summed E-state index contributed by atoms with van der Waals surface area (Å²) in [7, 11) is 0. The van der Waals surface area contributed by atoms with Gasteiger partial charge in [-0.2, -0.15) is 5.10 Å². The molecule has 2 N–H and O–H groups in total. The van der Waals surface area contributed by atoms with Gasteiger partial charge in [0, 0.05) is 12.3 Å². The van der Waals surface area contributed by atoms with Crippen molar-refractivity contribution in [3.8, 4) is 5.69 Å². The van der Waals surface area contributed by atoms with Crippen molar-refractivity contribution in [3.63, 3.8) is 0 Å². The smallest absolute Gasteiger partial charge is 0.145 e. The largest absolute Gasteiger partial charge is 0.382 e. The van der Waals surface area contributed by atoms with Crippen molar-refractivity contribution >= 4 is 17.4 Å². The number of aromatic nitrogens is 2. The highest BCUT2D eigenvalue weighted by Gasteiger charge is 2.04. The van der Waals surface area contributed by atoms with E-state index in [1.807, 2.05) is 0 Å². The highest BCUT2D eigenvalue weighted by molar-refractivity contribution is 6.32. The quantitative estimate of drug-likeness (QED) is 0.786. The Kier molecular flexibility index (Phi) is 2.13. The molecule has 3 nitrogen and oxygen atoms in total. The van der Waals surface area contributed by atoms with Crippen LogP contribution in [0.1, 0.15) is 0 Å². The Morgan fingerprint density at radius 1 is 1.36 bits per heavy atom. The fraction of sp³-hybridized carbons (Fsp3) is 0. The first-order chi connectivity index (χ1) is 6.66. The second-order valence-corrected chi connectivity index (χ2v) is 3.19. The fourth-order valence-electron chi connectivity index (χ4n) is 1.14. The van der Waals surface area contributed by atoms with Gasteiger partial charge in [-0.25, -0.2) is 9.07 Å². The van der Waals surface area contributed by atoms with Crippen LogP contribution < -0.4 is 5.73 Å². The number of halogens is 2. The van der Waals surface area contributed by atoms with E-state index in [2.05, 4.69) is 5.10 Å². The summed E-state index contributed by atoms with van der Waals surface area (Å²) in [4.78, 5) is 0. The third-order valence-electron chi connectivity index (χ3n) is 1.77.